The average Bonchev–Trinajstić information content (AvgIpc) is 1.65. The highest BCUT2D eigenvalue weighted by Gasteiger charge is 2.34. The topological polar surface area (TPSA) is 285 Å². The number of methoxy groups -OCH3 is 1. The van der Waals surface area contributed by atoms with E-state index in [4.69, 9.17) is 51.1 Å². The van der Waals surface area contributed by atoms with Crippen LogP contribution in [0.25, 0.3) is 28.4 Å². The summed E-state index contributed by atoms with van der Waals surface area (Å²) in [4.78, 5) is 77.8. The van der Waals surface area contributed by atoms with Crippen molar-refractivity contribution in [1.29, 1.82) is 0 Å². The number of hydrogen-bond acceptors (Lipinski definition) is 16. The zero-order chi connectivity index (χ0) is 94.8. The van der Waals surface area contributed by atoms with Crippen molar-refractivity contribution in [3.05, 3.63) is 377 Å². The van der Waals surface area contributed by atoms with Gasteiger partial charge in [-0.05, 0) is 200 Å². The number of thioether (sulfide) groups is 5. The summed E-state index contributed by atoms with van der Waals surface area (Å²) in [5.74, 6) is -9.83. The molecule has 0 radical (unpaired) electrons. The number of aryl methyl sites for hydroxylation is 2. The smallest absolute Gasteiger partial charge is 0.416 e. The minimum atomic E-state index is -4.56. The Labute approximate surface area is 776 Å². The van der Waals surface area contributed by atoms with Crippen LogP contribution in [0, 0.1) is 66.2 Å². The molecule has 0 saturated carbocycles. The van der Waals surface area contributed by atoms with E-state index in [9.17, 15) is 102 Å². The van der Waals surface area contributed by atoms with Crippen LogP contribution in [0.4, 0.5) is 52.7 Å². The summed E-state index contributed by atoms with van der Waals surface area (Å²) in [5, 5.41) is 48.7. The van der Waals surface area contributed by atoms with Gasteiger partial charge in [-0.25, -0.2) is 88.4 Å². The molecule has 0 fully saturated rings. The highest BCUT2D eigenvalue weighted by molar-refractivity contribution is 7.99. The molecule has 15 rings (SSSR count). The van der Waals surface area contributed by atoms with Crippen LogP contribution in [0.1, 0.15) is 96.9 Å². The maximum absolute atomic E-state index is 14.5. The van der Waals surface area contributed by atoms with E-state index >= 15 is 0 Å². The summed E-state index contributed by atoms with van der Waals surface area (Å²) in [7, 11) is 1.35. The molecule has 131 heavy (non-hydrogen) atoms. The Kier molecular flexibility index (Phi) is 33.9. The molecular weight excluding hydrogens is 1920 g/mol. The molecule has 0 aliphatic heterocycles. The maximum atomic E-state index is 14.5. The van der Waals surface area contributed by atoms with Crippen molar-refractivity contribution >= 4 is 135 Å². The Hall–Kier alpha value is -12.5. The first kappa shape index (κ1) is 99.1. The lowest BCUT2D eigenvalue weighted by atomic mass is 10.1. The van der Waals surface area contributed by atoms with Crippen LogP contribution >= 0.6 is 105 Å². The molecule has 10 aromatic carbocycles. The standard InChI is InChI=1S/C18H11ClF4N2O2S.C18H13ClF2N2O3S.C18H13ClF2N2O2S.C18H15FN2O2S.C17H10ClF3N2O2S/c19-11-1-6-14(18(21,22)23)10(7-11)9-28-17-24-8-15(16(26)27)25(17)13-4-2-12(20)3-5-13;1-26-15-7-6-13(19)12(16(15)21)9-27-18-22-8-14(17(24)25)23(18)11-4-2-10(20)3-5-11;1-10-2-7-14(19)13(16(10)21)9-26-18-22-8-15(17(24)25)23(18)12-5-3-11(20)4-6-12;1-12-3-2-4-13(9-12)11-24-18-20-10-16(17(22)23)21(18)15-7-5-14(19)6-8-15;18-15-11(12(20)5-6-13(15)21)8-26-17-22-7-14(16(24)25)23(17)10-3-1-9(19)2-4-10/h1-8H,9H2,(H,26,27);2-8H,9H2,1H3,(H,24,25);2-8H,9H2,1H3,(H,24,25);2-10H,11H2,1H3,(H,22,23);1-7H,8H2,(H,24,25). The number of ether oxygens (including phenoxy) is 1. The summed E-state index contributed by atoms with van der Waals surface area (Å²) >= 11 is 29.4. The van der Waals surface area contributed by atoms with Gasteiger partial charge in [0, 0.05) is 89.0 Å². The third-order valence-corrected chi connectivity index (χ3v) is 24.6. The van der Waals surface area contributed by atoms with Crippen molar-refractivity contribution in [2.45, 2.75) is 74.6 Å². The van der Waals surface area contributed by atoms with E-state index in [1.54, 1.807) is 31.2 Å². The number of carbonyl (C=O) groups is 5. The van der Waals surface area contributed by atoms with Crippen LogP contribution in [0.2, 0.25) is 20.1 Å². The fourth-order valence-electron chi connectivity index (χ4n) is 12.0. The van der Waals surface area contributed by atoms with E-state index in [-0.39, 0.29) is 105 Å². The highest BCUT2D eigenvalue weighted by Crippen LogP contribution is 2.40. The fourth-order valence-corrected chi connectivity index (χ4v) is 18.1. The molecular formula is C89H62Cl4F12N10O11S5. The van der Waals surface area contributed by atoms with Gasteiger partial charge in [-0.15, -0.1) is 0 Å². The van der Waals surface area contributed by atoms with E-state index in [0.717, 1.165) is 101 Å². The van der Waals surface area contributed by atoms with Crippen molar-refractivity contribution in [1.82, 2.24) is 47.8 Å². The normalized spacial score (nSPS) is 11.0. The molecule has 5 heterocycles. The quantitative estimate of drug-likeness (QED) is 0.0191. The Morgan fingerprint density at radius 1 is 0.366 bits per heavy atom. The Morgan fingerprint density at radius 2 is 0.687 bits per heavy atom. The third-order valence-electron chi connectivity index (χ3n) is 18.3. The number of alkyl halides is 3. The summed E-state index contributed by atoms with van der Waals surface area (Å²) in [6.07, 6.45) is 1.40. The lowest BCUT2D eigenvalue weighted by Gasteiger charge is -2.14. The second kappa shape index (κ2) is 44.9. The molecule has 0 aliphatic carbocycles. The monoisotopic (exact) mass is 1970 g/mol. The lowest BCUT2D eigenvalue weighted by molar-refractivity contribution is -0.138. The third kappa shape index (κ3) is 25.2. The summed E-state index contributed by atoms with van der Waals surface area (Å²) in [6.45, 7) is 3.66. The first-order valence-corrected chi connectivity index (χ1v) is 43.8. The molecule has 0 spiro atoms. The zero-order valence-electron chi connectivity index (χ0n) is 67.2. The SMILES string of the molecule is COc1ccc(Cl)c(CSc2ncc(C(=O)O)n2-c2ccc(F)cc2)c1F.Cc1ccc(Cl)c(CSc2ncc(C(=O)O)n2-c2ccc(F)cc2)c1F.Cc1cccc(CSc2ncc(C(=O)O)n2-c2ccc(F)cc2)c1.O=C(O)c1cnc(SCc2c(F)ccc(F)c2Cl)n1-c1ccc(F)cc1.O=C(O)c1cnc(SCc2cc(Cl)ccc2C(F)(F)F)n1-c1ccc(F)cc1. The Morgan fingerprint density at radius 3 is 1.02 bits per heavy atom. The second-order valence-corrected chi connectivity index (χ2v) is 33.3. The van der Waals surface area contributed by atoms with Gasteiger partial charge in [0.05, 0.1) is 48.7 Å². The van der Waals surface area contributed by atoms with E-state index < -0.39 is 88.1 Å². The zero-order valence-corrected chi connectivity index (χ0v) is 74.3. The van der Waals surface area contributed by atoms with Crippen LogP contribution in [0.5, 0.6) is 5.75 Å². The van der Waals surface area contributed by atoms with Crippen LogP contribution in [0.15, 0.2) is 257 Å². The number of imidazole rings is 5. The van der Waals surface area contributed by atoms with Gasteiger partial charge < -0.3 is 30.3 Å². The van der Waals surface area contributed by atoms with E-state index in [1.807, 2.05) is 25.1 Å². The van der Waals surface area contributed by atoms with Gasteiger partial charge in [0.15, 0.2) is 65.8 Å². The molecule has 0 unspecified atom stereocenters. The molecule has 676 valence electrons. The number of aromatic nitrogens is 10. The number of hydrogen-bond donors (Lipinski definition) is 5. The number of rotatable bonds is 26. The van der Waals surface area contributed by atoms with E-state index in [0.29, 0.717) is 65.8 Å². The number of nitrogens with zero attached hydrogens (tertiary/aromatic N) is 10. The number of benzene rings is 10. The number of aromatic carboxylic acids is 5. The molecule has 5 aromatic heterocycles. The minimum absolute atomic E-state index is 0.0494. The number of halogens is 16. The largest absolute Gasteiger partial charge is 0.494 e. The van der Waals surface area contributed by atoms with Crippen molar-refractivity contribution in [2.24, 2.45) is 0 Å². The summed E-state index contributed by atoms with van der Waals surface area (Å²) in [6, 6.07) is 45.9. The summed E-state index contributed by atoms with van der Waals surface area (Å²) < 4.78 is 173. The number of carboxylic acid groups (broad SMARTS) is 5. The molecule has 0 saturated heterocycles. The van der Waals surface area contributed by atoms with Crippen molar-refractivity contribution in [3.8, 4) is 34.2 Å². The highest BCUT2D eigenvalue weighted by atomic mass is 35.5. The second-order valence-electron chi connectivity index (χ2n) is 27.0. The van der Waals surface area contributed by atoms with Crippen LogP contribution in [-0.2, 0) is 34.9 Å². The van der Waals surface area contributed by atoms with Gasteiger partial charge in [0.2, 0.25) is 0 Å². The Balaban J connectivity index is 0.000000158. The number of carboxylic acids is 5. The van der Waals surface area contributed by atoms with Gasteiger partial charge >= 0.3 is 36.0 Å². The van der Waals surface area contributed by atoms with Crippen molar-refractivity contribution < 1.29 is 107 Å². The predicted octanol–water partition coefficient (Wildman–Crippen LogP) is 24.8. The van der Waals surface area contributed by atoms with Gasteiger partial charge in [0.25, 0.3) is 0 Å². The molecule has 0 aliphatic rings. The van der Waals surface area contributed by atoms with Gasteiger partial charge in [0.1, 0.15) is 46.5 Å². The first-order chi connectivity index (χ1) is 62.4. The molecule has 5 N–H and O–H groups in total. The van der Waals surface area contributed by atoms with Crippen molar-refractivity contribution in [3.63, 3.8) is 0 Å². The predicted molar refractivity (Wildman–Crippen MR) is 473 cm³/mol. The lowest BCUT2D eigenvalue weighted by Crippen LogP contribution is -2.09. The maximum Gasteiger partial charge on any atom is 0.416 e. The van der Waals surface area contributed by atoms with Gasteiger partial charge in [-0.1, -0.05) is 141 Å². The van der Waals surface area contributed by atoms with Crippen molar-refractivity contribution in [2.75, 3.05) is 7.11 Å². The Bertz CT molecular complexity index is 6520. The molecule has 0 amide bonds. The van der Waals surface area contributed by atoms with Crippen LogP contribution in [-0.4, -0.2) is 110 Å². The fraction of sp³-hybridized carbons (Fsp3) is 0.101. The molecule has 0 bridgehead atoms. The van der Waals surface area contributed by atoms with E-state index in [1.165, 1.54) is 181 Å². The van der Waals surface area contributed by atoms with Crippen LogP contribution in [0.3, 0.4) is 0 Å². The first-order valence-electron chi connectivity index (χ1n) is 37.4. The van der Waals surface area contributed by atoms with Crippen LogP contribution < -0.4 is 4.74 Å². The van der Waals surface area contributed by atoms with Gasteiger partial charge in [-0.2, -0.15) is 13.2 Å². The molecule has 21 nitrogen and oxygen atoms in total. The average molecular weight is 1980 g/mol. The van der Waals surface area contributed by atoms with E-state index in [2.05, 4.69) is 31.0 Å². The summed E-state index contributed by atoms with van der Waals surface area (Å²) in [5.41, 5.74) is 4.02. The van der Waals surface area contributed by atoms with Gasteiger partial charge in [-0.3, -0.25) is 22.8 Å². The molecule has 0 atom stereocenters. The minimum Gasteiger partial charge on any atom is -0.494 e. The molecule has 42 heteroatoms. The molecule has 15 aromatic rings.